The Kier molecular flexibility index (Phi) is 3.08. The molecule has 0 amide bonds. The van der Waals surface area contributed by atoms with Crippen molar-refractivity contribution in [1.29, 1.82) is 0 Å². The molecule has 5 heteroatoms. The van der Waals surface area contributed by atoms with Crippen LogP contribution in [0, 0.1) is 12.7 Å². The highest BCUT2D eigenvalue weighted by Crippen LogP contribution is 2.26. The van der Waals surface area contributed by atoms with Gasteiger partial charge in [0.15, 0.2) is 6.10 Å². The maximum absolute atomic E-state index is 13.3. The normalized spacial score (nSPS) is 12.6. The number of aryl methyl sites for hydroxylation is 1. The average molecular weight is 219 g/mol. The molecule has 1 aromatic carbocycles. The van der Waals surface area contributed by atoms with E-state index in [0.29, 0.717) is 5.56 Å². The summed E-state index contributed by atoms with van der Waals surface area (Å²) in [4.78, 5) is 10.5. The van der Waals surface area contributed by atoms with Gasteiger partial charge in [-0.3, -0.25) is 0 Å². The summed E-state index contributed by atoms with van der Waals surface area (Å²) < 4.78 is 13.3. The van der Waals surface area contributed by atoms with Crippen molar-refractivity contribution in [3.63, 3.8) is 0 Å². The summed E-state index contributed by atoms with van der Waals surface area (Å²) in [6.45, 7) is 1.50. The van der Waals surface area contributed by atoms with Gasteiger partial charge in [-0.1, -0.05) is 17.7 Å². The number of hydrogen-bond donors (Lipinski definition) is 2. The second-order valence-electron chi connectivity index (χ2n) is 2.83. The monoisotopic (exact) mass is 218 g/mol. The molecule has 1 atom stereocenters. The first-order valence-corrected chi connectivity index (χ1v) is 4.18. The van der Waals surface area contributed by atoms with Crippen molar-refractivity contribution >= 4 is 17.6 Å². The van der Waals surface area contributed by atoms with Gasteiger partial charge in [0.05, 0.1) is 5.02 Å². The van der Waals surface area contributed by atoms with Gasteiger partial charge in [-0.15, -0.1) is 0 Å². The molecule has 0 fully saturated rings. The first-order chi connectivity index (χ1) is 6.45. The first kappa shape index (κ1) is 10.9. The maximum atomic E-state index is 13.3. The third kappa shape index (κ3) is 1.86. The molecule has 0 saturated heterocycles. The van der Waals surface area contributed by atoms with Crippen LogP contribution in [-0.2, 0) is 4.79 Å². The molecule has 0 saturated carbocycles. The molecule has 0 radical (unpaired) electrons. The van der Waals surface area contributed by atoms with Crippen LogP contribution in [0.4, 0.5) is 4.39 Å². The number of carboxylic acid groups (broad SMARTS) is 1. The van der Waals surface area contributed by atoms with E-state index < -0.39 is 17.9 Å². The number of hydrogen-bond acceptors (Lipinski definition) is 2. The zero-order valence-electron chi connectivity index (χ0n) is 7.29. The Labute approximate surface area is 84.7 Å². The van der Waals surface area contributed by atoms with E-state index in [0.717, 1.165) is 0 Å². The van der Waals surface area contributed by atoms with E-state index in [9.17, 15) is 14.3 Å². The van der Waals surface area contributed by atoms with E-state index in [4.69, 9.17) is 16.7 Å². The van der Waals surface area contributed by atoms with Crippen LogP contribution < -0.4 is 0 Å². The van der Waals surface area contributed by atoms with E-state index in [2.05, 4.69) is 0 Å². The Morgan fingerprint density at radius 1 is 1.57 bits per heavy atom. The van der Waals surface area contributed by atoms with Crippen molar-refractivity contribution in [2.75, 3.05) is 0 Å². The Morgan fingerprint density at radius 2 is 2.14 bits per heavy atom. The van der Waals surface area contributed by atoms with Crippen molar-refractivity contribution in [3.05, 3.63) is 34.1 Å². The second-order valence-corrected chi connectivity index (χ2v) is 3.24. The molecule has 0 aliphatic heterocycles. The molecule has 0 heterocycles. The topological polar surface area (TPSA) is 57.5 Å². The molecule has 0 spiro atoms. The standard InChI is InChI=1S/C9H8ClFO3/c1-4-2-3-5(10)7(11)6(4)8(12)9(13)14/h2-3,8,12H,1H3,(H,13,14). The van der Waals surface area contributed by atoms with Gasteiger partial charge < -0.3 is 10.2 Å². The molecule has 14 heavy (non-hydrogen) atoms. The van der Waals surface area contributed by atoms with Crippen molar-refractivity contribution in [3.8, 4) is 0 Å². The number of aliphatic hydroxyl groups excluding tert-OH is 1. The Bertz CT molecular complexity index is 379. The average Bonchev–Trinajstić information content (AvgIpc) is 2.12. The molecular formula is C9H8ClFO3. The molecular weight excluding hydrogens is 211 g/mol. The van der Waals surface area contributed by atoms with Crippen molar-refractivity contribution < 1.29 is 19.4 Å². The fourth-order valence-corrected chi connectivity index (χ4v) is 1.29. The number of aliphatic hydroxyl groups is 1. The van der Waals surface area contributed by atoms with Crippen molar-refractivity contribution in [2.45, 2.75) is 13.0 Å². The van der Waals surface area contributed by atoms with Gasteiger partial charge in [-0.2, -0.15) is 0 Å². The summed E-state index contributed by atoms with van der Waals surface area (Å²) in [5, 5.41) is 17.5. The summed E-state index contributed by atoms with van der Waals surface area (Å²) in [5.41, 5.74) is 0.0619. The van der Waals surface area contributed by atoms with E-state index >= 15 is 0 Å². The summed E-state index contributed by atoms with van der Waals surface area (Å²) in [6, 6.07) is 2.76. The summed E-state index contributed by atoms with van der Waals surface area (Å²) >= 11 is 5.46. The number of aliphatic carboxylic acids is 1. The number of carbonyl (C=O) groups is 1. The van der Waals surface area contributed by atoms with Gasteiger partial charge in [-0.05, 0) is 18.6 Å². The number of rotatable bonds is 2. The SMILES string of the molecule is Cc1ccc(Cl)c(F)c1C(O)C(=O)O. The van der Waals surface area contributed by atoms with Crippen LogP contribution in [0.25, 0.3) is 0 Å². The Hall–Kier alpha value is -1.13. The zero-order chi connectivity index (χ0) is 10.9. The fourth-order valence-electron chi connectivity index (χ4n) is 1.12. The molecule has 0 aromatic heterocycles. The van der Waals surface area contributed by atoms with Crippen LogP contribution in [0.2, 0.25) is 5.02 Å². The largest absolute Gasteiger partial charge is 0.479 e. The lowest BCUT2D eigenvalue weighted by Gasteiger charge is -2.11. The van der Waals surface area contributed by atoms with Crippen LogP contribution in [0.5, 0.6) is 0 Å². The highest BCUT2D eigenvalue weighted by atomic mass is 35.5. The van der Waals surface area contributed by atoms with Gasteiger partial charge in [0, 0.05) is 5.56 Å². The lowest BCUT2D eigenvalue weighted by atomic mass is 10.0. The quantitative estimate of drug-likeness (QED) is 0.797. The summed E-state index contributed by atoms with van der Waals surface area (Å²) in [6.07, 6.45) is -1.88. The molecule has 0 bridgehead atoms. The Balaban J connectivity index is 3.32. The minimum absolute atomic E-state index is 0.203. The predicted molar refractivity (Wildman–Crippen MR) is 48.7 cm³/mol. The predicted octanol–water partition coefficient (Wildman–Crippen LogP) is 1.91. The van der Waals surface area contributed by atoms with Crippen molar-refractivity contribution in [2.24, 2.45) is 0 Å². The van der Waals surface area contributed by atoms with Crippen LogP contribution >= 0.6 is 11.6 Å². The van der Waals surface area contributed by atoms with E-state index in [-0.39, 0.29) is 10.6 Å². The summed E-state index contributed by atoms with van der Waals surface area (Å²) in [5.74, 6) is -2.39. The molecule has 0 aliphatic carbocycles. The second kappa shape index (κ2) is 3.94. The van der Waals surface area contributed by atoms with Gasteiger partial charge in [0.2, 0.25) is 0 Å². The number of benzene rings is 1. The molecule has 1 aromatic rings. The maximum Gasteiger partial charge on any atom is 0.337 e. The zero-order valence-corrected chi connectivity index (χ0v) is 8.05. The minimum Gasteiger partial charge on any atom is -0.479 e. The molecule has 1 rings (SSSR count). The molecule has 76 valence electrons. The lowest BCUT2D eigenvalue weighted by Crippen LogP contribution is -2.14. The minimum atomic E-state index is -1.88. The fraction of sp³-hybridized carbons (Fsp3) is 0.222. The molecule has 1 unspecified atom stereocenters. The van der Waals surface area contributed by atoms with E-state index in [1.54, 1.807) is 0 Å². The van der Waals surface area contributed by atoms with Crippen LogP contribution in [-0.4, -0.2) is 16.2 Å². The highest BCUT2D eigenvalue weighted by Gasteiger charge is 2.23. The van der Waals surface area contributed by atoms with E-state index in [1.165, 1.54) is 19.1 Å². The Morgan fingerprint density at radius 3 is 2.64 bits per heavy atom. The molecule has 0 aliphatic rings. The van der Waals surface area contributed by atoms with Crippen LogP contribution in [0.1, 0.15) is 17.2 Å². The highest BCUT2D eigenvalue weighted by molar-refractivity contribution is 6.30. The van der Waals surface area contributed by atoms with Crippen molar-refractivity contribution in [1.82, 2.24) is 0 Å². The number of halogens is 2. The van der Waals surface area contributed by atoms with Gasteiger partial charge in [0.25, 0.3) is 0 Å². The lowest BCUT2D eigenvalue weighted by molar-refractivity contribution is -0.147. The number of carboxylic acids is 1. The molecule has 3 nitrogen and oxygen atoms in total. The smallest absolute Gasteiger partial charge is 0.337 e. The van der Waals surface area contributed by atoms with Gasteiger partial charge in [0.1, 0.15) is 5.82 Å². The van der Waals surface area contributed by atoms with E-state index in [1.807, 2.05) is 0 Å². The third-order valence-electron chi connectivity index (χ3n) is 1.86. The van der Waals surface area contributed by atoms with Gasteiger partial charge in [-0.25, -0.2) is 9.18 Å². The first-order valence-electron chi connectivity index (χ1n) is 3.80. The van der Waals surface area contributed by atoms with Crippen LogP contribution in [0.3, 0.4) is 0 Å². The third-order valence-corrected chi connectivity index (χ3v) is 2.15. The summed E-state index contributed by atoms with van der Waals surface area (Å²) in [7, 11) is 0. The molecule has 2 N–H and O–H groups in total. The van der Waals surface area contributed by atoms with Crippen LogP contribution in [0.15, 0.2) is 12.1 Å². The van der Waals surface area contributed by atoms with Gasteiger partial charge >= 0.3 is 5.97 Å².